The van der Waals surface area contributed by atoms with Crippen LogP contribution in [0.25, 0.3) is 6.08 Å². The Bertz CT molecular complexity index is 639. The number of aromatic carboxylic acids is 1. The van der Waals surface area contributed by atoms with Crippen LogP contribution in [-0.4, -0.2) is 40.9 Å². The number of pyridine rings is 1. The van der Waals surface area contributed by atoms with Crippen LogP contribution in [0.3, 0.4) is 0 Å². The highest BCUT2D eigenvalue weighted by atomic mass is 16.7. The van der Waals surface area contributed by atoms with Gasteiger partial charge in [0.1, 0.15) is 0 Å². The molecule has 7 heteroatoms. The van der Waals surface area contributed by atoms with Crippen molar-refractivity contribution in [3.63, 3.8) is 0 Å². The maximum atomic E-state index is 11.3. The first-order chi connectivity index (χ1) is 10.6. The molecule has 23 heavy (non-hydrogen) atoms. The summed E-state index contributed by atoms with van der Waals surface area (Å²) in [6, 6.07) is 1.76. The Kier molecular flexibility index (Phi) is 4.66. The normalized spacial score (nSPS) is 19.9. The van der Waals surface area contributed by atoms with E-state index in [-0.39, 0.29) is 12.2 Å². The molecule has 2 heterocycles. The van der Waals surface area contributed by atoms with Crippen LogP contribution in [0.1, 0.15) is 49.3 Å². The van der Waals surface area contributed by atoms with Gasteiger partial charge >= 0.3 is 13.1 Å². The SMILES string of the molecule is Cc1cnc(C(=O)O)c(C=C(CN)B2OC(C)(C)C(C)(C)O2)c1. The third kappa shape index (κ3) is 3.47. The number of aromatic nitrogens is 1. The molecule has 0 atom stereocenters. The minimum atomic E-state index is -1.08. The van der Waals surface area contributed by atoms with Gasteiger partial charge in [0.15, 0.2) is 5.69 Å². The zero-order valence-electron chi connectivity index (χ0n) is 14.2. The Morgan fingerprint density at radius 3 is 2.39 bits per heavy atom. The van der Waals surface area contributed by atoms with E-state index in [1.807, 2.05) is 34.6 Å². The van der Waals surface area contributed by atoms with E-state index >= 15 is 0 Å². The van der Waals surface area contributed by atoms with Crippen LogP contribution in [0.15, 0.2) is 17.7 Å². The van der Waals surface area contributed by atoms with Crippen LogP contribution in [0, 0.1) is 6.92 Å². The minimum Gasteiger partial charge on any atom is -0.476 e. The molecule has 1 aliphatic heterocycles. The molecule has 124 valence electrons. The van der Waals surface area contributed by atoms with Crippen LogP contribution < -0.4 is 5.73 Å². The van der Waals surface area contributed by atoms with Crippen molar-refractivity contribution in [1.29, 1.82) is 0 Å². The molecule has 1 aliphatic rings. The second kappa shape index (κ2) is 6.07. The fourth-order valence-electron chi connectivity index (χ4n) is 2.30. The van der Waals surface area contributed by atoms with E-state index in [2.05, 4.69) is 4.98 Å². The number of hydrogen-bond acceptors (Lipinski definition) is 5. The number of rotatable bonds is 4. The first kappa shape index (κ1) is 17.7. The number of nitrogens with two attached hydrogens (primary N) is 1. The average Bonchev–Trinajstić information content (AvgIpc) is 2.64. The highest BCUT2D eigenvalue weighted by molar-refractivity contribution is 6.56. The summed E-state index contributed by atoms with van der Waals surface area (Å²) in [4.78, 5) is 15.3. The smallest absolute Gasteiger partial charge is 0.476 e. The summed E-state index contributed by atoms with van der Waals surface area (Å²) in [6.07, 6.45) is 3.23. The van der Waals surface area contributed by atoms with Gasteiger partial charge in [-0.05, 0) is 51.7 Å². The summed E-state index contributed by atoms with van der Waals surface area (Å²) >= 11 is 0. The van der Waals surface area contributed by atoms with E-state index in [4.69, 9.17) is 15.0 Å². The maximum absolute atomic E-state index is 11.3. The third-order valence-corrected chi connectivity index (χ3v) is 4.39. The van der Waals surface area contributed by atoms with Crippen LogP contribution >= 0.6 is 0 Å². The summed E-state index contributed by atoms with van der Waals surface area (Å²) in [5.74, 6) is -1.08. The third-order valence-electron chi connectivity index (χ3n) is 4.39. The number of hydrogen-bond donors (Lipinski definition) is 2. The van der Waals surface area contributed by atoms with Crippen LogP contribution in [0.4, 0.5) is 0 Å². The molecule has 0 amide bonds. The number of carboxylic acid groups (broad SMARTS) is 1. The highest BCUT2D eigenvalue weighted by Gasteiger charge is 2.52. The lowest BCUT2D eigenvalue weighted by atomic mass is 9.77. The molecule has 0 aromatic carbocycles. The van der Waals surface area contributed by atoms with Gasteiger partial charge in [-0.25, -0.2) is 9.78 Å². The van der Waals surface area contributed by atoms with Crippen molar-refractivity contribution in [2.24, 2.45) is 5.73 Å². The van der Waals surface area contributed by atoms with Crippen molar-refractivity contribution in [3.8, 4) is 0 Å². The van der Waals surface area contributed by atoms with Crippen molar-refractivity contribution in [3.05, 3.63) is 34.6 Å². The summed E-state index contributed by atoms with van der Waals surface area (Å²) in [7, 11) is -0.604. The average molecular weight is 318 g/mol. The van der Waals surface area contributed by atoms with Gasteiger partial charge in [0, 0.05) is 18.3 Å². The first-order valence-corrected chi connectivity index (χ1v) is 7.53. The Morgan fingerprint density at radius 1 is 1.35 bits per heavy atom. The summed E-state index contributed by atoms with van der Waals surface area (Å²) < 4.78 is 12.0. The molecule has 0 radical (unpaired) electrons. The first-order valence-electron chi connectivity index (χ1n) is 7.53. The molecule has 1 aromatic rings. The highest BCUT2D eigenvalue weighted by Crippen LogP contribution is 2.38. The molecule has 2 rings (SSSR count). The van der Waals surface area contributed by atoms with Crippen molar-refractivity contribution in [2.75, 3.05) is 6.54 Å². The Hall–Kier alpha value is -1.70. The van der Waals surface area contributed by atoms with Crippen LogP contribution in [0.5, 0.6) is 0 Å². The molecular weight excluding hydrogens is 295 g/mol. The van der Waals surface area contributed by atoms with Gasteiger partial charge in [0.05, 0.1) is 11.2 Å². The Labute approximate surface area is 136 Å². The van der Waals surface area contributed by atoms with E-state index in [9.17, 15) is 9.90 Å². The largest absolute Gasteiger partial charge is 0.491 e. The lowest BCUT2D eigenvalue weighted by Gasteiger charge is -2.32. The van der Waals surface area contributed by atoms with E-state index in [1.165, 1.54) is 6.20 Å². The fourth-order valence-corrected chi connectivity index (χ4v) is 2.30. The van der Waals surface area contributed by atoms with Crippen molar-refractivity contribution >= 4 is 19.2 Å². The van der Waals surface area contributed by atoms with Gasteiger partial charge in [-0.15, -0.1) is 0 Å². The van der Waals surface area contributed by atoms with Gasteiger partial charge in [-0.1, -0.05) is 6.08 Å². The molecular formula is C16H23BN2O4. The van der Waals surface area contributed by atoms with Gasteiger partial charge in [0.2, 0.25) is 0 Å². The molecule has 1 saturated heterocycles. The van der Waals surface area contributed by atoms with Crippen molar-refractivity contribution in [1.82, 2.24) is 4.98 Å². The second-order valence-electron chi connectivity index (χ2n) is 6.77. The lowest BCUT2D eigenvalue weighted by Crippen LogP contribution is -2.41. The summed E-state index contributed by atoms with van der Waals surface area (Å²) in [5, 5.41) is 9.29. The lowest BCUT2D eigenvalue weighted by molar-refractivity contribution is 0.00578. The van der Waals surface area contributed by atoms with Gasteiger partial charge in [0.25, 0.3) is 0 Å². The molecule has 6 nitrogen and oxygen atoms in total. The Morgan fingerprint density at radius 2 is 1.91 bits per heavy atom. The van der Waals surface area contributed by atoms with Crippen molar-refractivity contribution < 1.29 is 19.2 Å². The zero-order valence-corrected chi connectivity index (χ0v) is 14.2. The zero-order chi connectivity index (χ0) is 17.4. The van der Waals surface area contributed by atoms with Gasteiger partial charge < -0.3 is 20.1 Å². The van der Waals surface area contributed by atoms with Gasteiger partial charge in [-0.3, -0.25) is 0 Å². The van der Waals surface area contributed by atoms with Crippen LogP contribution in [-0.2, 0) is 9.31 Å². The number of nitrogens with zero attached hydrogens (tertiary/aromatic N) is 1. The molecule has 1 fully saturated rings. The monoisotopic (exact) mass is 318 g/mol. The number of aryl methyl sites for hydroxylation is 1. The Balaban J connectivity index is 2.41. The second-order valence-corrected chi connectivity index (χ2v) is 6.77. The van der Waals surface area contributed by atoms with E-state index in [1.54, 1.807) is 12.1 Å². The van der Waals surface area contributed by atoms with Gasteiger partial charge in [-0.2, -0.15) is 0 Å². The summed E-state index contributed by atoms with van der Waals surface area (Å²) in [5.41, 5.74) is 6.91. The fraction of sp³-hybridized carbons (Fsp3) is 0.500. The molecule has 1 aromatic heterocycles. The predicted molar refractivity (Wildman–Crippen MR) is 89.0 cm³/mol. The van der Waals surface area contributed by atoms with Crippen molar-refractivity contribution in [2.45, 2.75) is 45.8 Å². The van der Waals surface area contributed by atoms with E-state index in [0.717, 1.165) is 5.56 Å². The molecule has 0 saturated carbocycles. The topological polar surface area (TPSA) is 94.7 Å². The van der Waals surface area contributed by atoms with E-state index in [0.29, 0.717) is 11.0 Å². The number of carboxylic acids is 1. The molecule has 0 unspecified atom stereocenters. The number of carbonyl (C=O) groups is 1. The van der Waals surface area contributed by atoms with E-state index < -0.39 is 24.3 Å². The van der Waals surface area contributed by atoms with Crippen LogP contribution in [0.2, 0.25) is 0 Å². The maximum Gasteiger partial charge on any atom is 0.491 e. The predicted octanol–water partition coefficient (Wildman–Crippen LogP) is 2.06. The quantitative estimate of drug-likeness (QED) is 0.825. The summed E-state index contributed by atoms with van der Waals surface area (Å²) in [6.45, 7) is 9.88. The minimum absolute atomic E-state index is 0.0157. The molecule has 0 bridgehead atoms. The standard InChI is InChI=1S/C16H23BN2O4/c1-10-6-11(13(14(20)21)19-9-10)7-12(8-18)17-22-15(2,3)16(4,5)23-17/h6-7,9H,8,18H2,1-5H3,(H,20,21). The molecule has 3 N–H and O–H groups in total. The molecule has 0 spiro atoms. The molecule has 0 aliphatic carbocycles.